The van der Waals surface area contributed by atoms with Crippen LogP contribution in [-0.2, 0) is 17.8 Å². The van der Waals surface area contributed by atoms with Crippen molar-refractivity contribution in [2.75, 3.05) is 5.32 Å². The molecule has 2 rings (SSSR count). The molecule has 0 bridgehead atoms. The van der Waals surface area contributed by atoms with E-state index in [0.29, 0.717) is 18.8 Å². The van der Waals surface area contributed by atoms with Crippen molar-refractivity contribution in [3.8, 4) is 0 Å². The highest BCUT2D eigenvalue weighted by atomic mass is 16.1. The minimum atomic E-state index is -0.0748. The van der Waals surface area contributed by atoms with E-state index in [-0.39, 0.29) is 5.91 Å². The van der Waals surface area contributed by atoms with E-state index >= 15 is 0 Å². The number of nitrogens with zero attached hydrogens (tertiary/aromatic N) is 1. The molecule has 4 heteroatoms. The van der Waals surface area contributed by atoms with Gasteiger partial charge in [0.15, 0.2) is 0 Å². The average Bonchev–Trinajstić information content (AvgIpc) is 2.40. The number of hydrogen-bond acceptors (Lipinski definition) is 3. The quantitative estimate of drug-likeness (QED) is 0.856. The molecule has 0 fully saturated rings. The summed E-state index contributed by atoms with van der Waals surface area (Å²) in [6, 6.07) is 13.1. The first-order chi connectivity index (χ1) is 8.78. The van der Waals surface area contributed by atoms with Gasteiger partial charge in [0.2, 0.25) is 5.91 Å². The number of carbonyl (C=O) groups is 1. The van der Waals surface area contributed by atoms with E-state index in [1.54, 1.807) is 18.3 Å². The zero-order valence-electron chi connectivity index (χ0n) is 9.97. The summed E-state index contributed by atoms with van der Waals surface area (Å²) >= 11 is 0. The third kappa shape index (κ3) is 3.40. The Morgan fingerprint density at radius 2 is 1.83 bits per heavy atom. The monoisotopic (exact) mass is 241 g/mol. The summed E-state index contributed by atoms with van der Waals surface area (Å²) in [5, 5.41) is 2.74. The molecule has 1 amide bonds. The van der Waals surface area contributed by atoms with Crippen LogP contribution in [0.3, 0.4) is 0 Å². The normalized spacial score (nSPS) is 10.1. The number of amides is 1. The molecule has 0 aliphatic rings. The van der Waals surface area contributed by atoms with Crippen molar-refractivity contribution in [1.82, 2.24) is 4.98 Å². The van der Waals surface area contributed by atoms with Gasteiger partial charge in [0, 0.05) is 12.7 Å². The molecule has 0 aliphatic carbocycles. The van der Waals surface area contributed by atoms with Crippen molar-refractivity contribution >= 4 is 11.7 Å². The molecule has 0 radical (unpaired) electrons. The van der Waals surface area contributed by atoms with Crippen LogP contribution in [0.5, 0.6) is 0 Å². The van der Waals surface area contributed by atoms with Gasteiger partial charge in [-0.2, -0.15) is 0 Å². The molecule has 0 aliphatic heterocycles. The van der Waals surface area contributed by atoms with Crippen LogP contribution in [0.15, 0.2) is 48.7 Å². The minimum absolute atomic E-state index is 0.0748. The van der Waals surface area contributed by atoms with Gasteiger partial charge in [-0.1, -0.05) is 30.3 Å². The fraction of sp³-hybridized carbons (Fsp3) is 0.143. The molecule has 1 aromatic heterocycles. The van der Waals surface area contributed by atoms with Gasteiger partial charge in [0.05, 0.1) is 6.42 Å². The number of pyridine rings is 1. The van der Waals surface area contributed by atoms with Crippen molar-refractivity contribution in [3.05, 3.63) is 59.8 Å². The van der Waals surface area contributed by atoms with E-state index in [0.717, 1.165) is 11.1 Å². The molecule has 1 aromatic carbocycles. The van der Waals surface area contributed by atoms with E-state index in [4.69, 9.17) is 5.73 Å². The average molecular weight is 241 g/mol. The summed E-state index contributed by atoms with van der Waals surface area (Å²) < 4.78 is 0. The first-order valence-corrected chi connectivity index (χ1v) is 5.76. The standard InChI is InChI=1S/C14H15N3O/c15-10-12-6-4-11(5-7-12)9-14(18)17-13-3-1-2-8-16-13/h1-8H,9-10,15H2,(H,16,17,18). The van der Waals surface area contributed by atoms with E-state index in [2.05, 4.69) is 10.3 Å². The van der Waals surface area contributed by atoms with E-state index in [1.807, 2.05) is 30.3 Å². The predicted octanol–water partition coefficient (Wildman–Crippen LogP) is 1.72. The van der Waals surface area contributed by atoms with Crippen LogP contribution in [0, 0.1) is 0 Å². The summed E-state index contributed by atoms with van der Waals surface area (Å²) in [4.78, 5) is 15.8. The van der Waals surface area contributed by atoms with Crippen LogP contribution in [0.2, 0.25) is 0 Å². The van der Waals surface area contributed by atoms with Crippen molar-refractivity contribution in [3.63, 3.8) is 0 Å². The van der Waals surface area contributed by atoms with Gasteiger partial charge in [-0.3, -0.25) is 4.79 Å². The number of carbonyl (C=O) groups excluding carboxylic acids is 1. The van der Waals surface area contributed by atoms with Gasteiger partial charge in [0.1, 0.15) is 5.82 Å². The fourth-order valence-corrected chi connectivity index (χ4v) is 1.60. The highest BCUT2D eigenvalue weighted by Gasteiger charge is 2.04. The Kier molecular flexibility index (Phi) is 4.04. The lowest BCUT2D eigenvalue weighted by Crippen LogP contribution is -2.15. The lowest BCUT2D eigenvalue weighted by atomic mass is 10.1. The number of benzene rings is 1. The molecule has 4 nitrogen and oxygen atoms in total. The van der Waals surface area contributed by atoms with Crippen LogP contribution in [0.25, 0.3) is 0 Å². The Labute approximate surface area is 106 Å². The highest BCUT2D eigenvalue weighted by molar-refractivity contribution is 5.91. The molecular weight excluding hydrogens is 226 g/mol. The molecule has 0 saturated carbocycles. The third-order valence-electron chi connectivity index (χ3n) is 2.56. The molecule has 0 spiro atoms. The van der Waals surface area contributed by atoms with Gasteiger partial charge in [-0.25, -0.2) is 4.98 Å². The van der Waals surface area contributed by atoms with Gasteiger partial charge in [-0.15, -0.1) is 0 Å². The maximum absolute atomic E-state index is 11.8. The maximum Gasteiger partial charge on any atom is 0.229 e. The van der Waals surface area contributed by atoms with Crippen molar-refractivity contribution in [2.45, 2.75) is 13.0 Å². The first kappa shape index (κ1) is 12.3. The topological polar surface area (TPSA) is 68.0 Å². The lowest BCUT2D eigenvalue weighted by Gasteiger charge is -2.04. The minimum Gasteiger partial charge on any atom is -0.326 e. The van der Waals surface area contributed by atoms with Gasteiger partial charge < -0.3 is 11.1 Å². The van der Waals surface area contributed by atoms with Crippen LogP contribution < -0.4 is 11.1 Å². The molecule has 1 heterocycles. The largest absolute Gasteiger partial charge is 0.326 e. The molecule has 0 saturated heterocycles. The summed E-state index contributed by atoms with van der Waals surface area (Å²) in [5.41, 5.74) is 7.53. The summed E-state index contributed by atoms with van der Waals surface area (Å²) in [5.74, 6) is 0.496. The third-order valence-corrected chi connectivity index (χ3v) is 2.56. The molecule has 18 heavy (non-hydrogen) atoms. The second-order valence-electron chi connectivity index (χ2n) is 3.96. The summed E-state index contributed by atoms with van der Waals surface area (Å²) in [6.45, 7) is 0.514. The number of hydrogen-bond donors (Lipinski definition) is 2. The molecule has 0 unspecified atom stereocenters. The van der Waals surface area contributed by atoms with Gasteiger partial charge >= 0.3 is 0 Å². The van der Waals surface area contributed by atoms with Crippen molar-refractivity contribution in [1.29, 1.82) is 0 Å². The SMILES string of the molecule is NCc1ccc(CC(=O)Nc2ccccn2)cc1. The van der Waals surface area contributed by atoms with E-state index in [9.17, 15) is 4.79 Å². The number of anilines is 1. The zero-order valence-corrected chi connectivity index (χ0v) is 9.97. The smallest absolute Gasteiger partial charge is 0.229 e. The Bertz CT molecular complexity index is 508. The Balaban J connectivity index is 1.94. The Morgan fingerprint density at radius 3 is 2.44 bits per heavy atom. The second-order valence-corrected chi connectivity index (χ2v) is 3.96. The highest BCUT2D eigenvalue weighted by Crippen LogP contribution is 2.06. The van der Waals surface area contributed by atoms with Crippen LogP contribution in [0.1, 0.15) is 11.1 Å². The number of nitrogens with one attached hydrogen (secondary N) is 1. The van der Waals surface area contributed by atoms with Crippen LogP contribution in [-0.4, -0.2) is 10.9 Å². The Morgan fingerprint density at radius 1 is 1.11 bits per heavy atom. The molecule has 2 aromatic rings. The number of aromatic nitrogens is 1. The fourth-order valence-electron chi connectivity index (χ4n) is 1.60. The molecule has 3 N–H and O–H groups in total. The van der Waals surface area contributed by atoms with Crippen molar-refractivity contribution in [2.24, 2.45) is 5.73 Å². The zero-order chi connectivity index (χ0) is 12.8. The maximum atomic E-state index is 11.8. The van der Waals surface area contributed by atoms with Crippen molar-refractivity contribution < 1.29 is 4.79 Å². The second kappa shape index (κ2) is 5.93. The molecular formula is C14H15N3O. The van der Waals surface area contributed by atoms with Crippen LogP contribution >= 0.6 is 0 Å². The van der Waals surface area contributed by atoms with E-state index in [1.165, 1.54) is 0 Å². The first-order valence-electron chi connectivity index (χ1n) is 5.76. The van der Waals surface area contributed by atoms with E-state index < -0.39 is 0 Å². The molecule has 0 atom stereocenters. The number of rotatable bonds is 4. The molecule has 92 valence electrons. The van der Waals surface area contributed by atoms with Crippen LogP contribution in [0.4, 0.5) is 5.82 Å². The summed E-state index contributed by atoms with van der Waals surface area (Å²) in [6.07, 6.45) is 1.98. The number of nitrogens with two attached hydrogens (primary N) is 1. The lowest BCUT2D eigenvalue weighted by molar-refractivity contribution is -0.115. The predicted molar refractivity (Wildman–Crippen MR) is 70.9 cm³/mol. The Hall–Kier alpha value is -2.20. The van der Waals surface area contributed by atoms with Gasteiger partial charge in [0.25, 0.3) is 0 Å². The van der Waals surface area contributed by atoms with Gasteiger partial charge in [-0.05, 0) is 23.3 Å². The summed E-state index contributed by atoms with van der Waals surface area (Å²) in [7, 11) is 0.